The molecule has 0 saturated heterocycles. The van der Waals surface area contributed by atoms with Crippen LogP contribution < -0.4 is 0 Å². The van der Waals surface area contributed by atoms with Crippen molar-refractivity contribution in [1.29, 1.82) is 0 Å². The second-order valence-electron chi connectivity index (χ2n) is 2.80. The lowest BCUT2D eigenvalue weighted by Crippen LogP contribution is -2.01. The number of hydrogen-bond donors (Lipinski definition) is 2. The summed E-state index contributed by atoms with van der Waals surface area (Å²) in [6.07, 6.45) is -0.0775. The SMILES string of the molecule is Cc1cc(O)c(Cl)cc1CC(=O)O. The molecule has 1 aromatic rings. The number of carboxylic acid groups (broad SMARTS) is 1. The maximum atomic E-state index is 10.4. The van der Waals surface area contributed by atoms with Crippen molar-refractivity contribution in [3.63, 3.8) is 0 Å². The summed E-state index contributed by atoms with van der Waals surface area (Å²) < 4.78 is 0. The minimum atomic E-state index is -0.912. The van der Waals surface area contributed by atoms with Crippen molar-refractivity contribution in [3.8, 4) is 5.75 Å². The van der Waals surface area contributed by atoms with Crippen molar-refractivity contribution in [1.82, 2.24) is 0 Å². The zero-order chi connectivity index (χ0) is 10.0. The number of carbonyl (C=O) groups is 1. The summed E-state index contributed by atoms with van der Waals surface area (Å²) in [7, 11) is 0. The maximum Gasteiger partial charge on any atom is 0.307 e. The second kappa shape index (κ2) is 3.66. The number of hydrogen-bond acceptors (Lipinski definition) is 2. The molecule has 0 atom stereocenters. The molecule has 0 spiro atoms. The summed E-state index contributed by atoms with van der Waals surface area (Å²) in [6, 6.07) is 2.93. The Kier molecular flexibility index (Phi) is 2.78. The van der Waals surface area contributed by atoms with Gasteiger partial charge in [-0.05, 0) is 30.2 Å². The van der Waals surface area contributed by atoms with Gasteiger partial charge in [0.05, 0.1) is 11.4 Å². The zero-order valence-electron chi connectivity index (χ0n) is 7.04. The number of phenols is 1. The van der Waals surface area contributed by atoms with Crippen molar-refractivity contribution in [3.05, 3.63) is 28.3 Å². The van der Waals surface area contributed by atoms with Gasteiger partial charge in [-0.25, -0.2) is 0 Å². The molecule has 0 aliphatic heterocycles. The Labute approximate surface area is 80.6 Å². The maximum absolute atomic E-state index is 10.4. The number of rotatable bonds is 2. The smallest absolute Gasteiger partial charge is 0.307 e. The Balaban J connectivity index is 3.08. The molecule has 13 heavy (non-hydrogen) atoms. The third kappa shape index (κ3) is 2.36. The summed E-state index contributed by atoms with van der Waals surface area (Å²) >= 11 is 5.63. The lowest BCUT2D eigenvalue weighted by molar-refractivity contribution is -0.136. The van der Waals surface area contributed by atoms with E-state index in [1.807, 2.05) is 0 Å². The molecule has 0 bridgehead atoms. The fourth-order valence-corrected chi connectivity index (χ4v) is 1.25. The van der Waals surface area contributed by atoms with Crippen LogP contribution in [0, 0.1) is 6.92 Å². The van der Waals surface area contributed by atoms with Crippen LogP contribution in [-0.2, 0) is 11.2 Å². The third-order valence-electron chi connectivity index (χ3n) is 1.75. The van der Waals surface area contributed by atoms with Crippen LogP contribution in [0.5, 0.6) is 5.75 Å². The summed E-state index contributed by atoms with van der Waals surface area (Å²) in [4.78, 5) is 10.4. The van der Waals surface area contributed by atoms with Crippen LogP contribution in [-0.4, -0.2) is 16.2 Å². The van der Waals surface area contributed by atoms with Crippen LogP contribution in [0.4, 0.5) is 0 Å². The van der Waals surface area contributed by atoms with Crippen molar-refractivity contribution in [2.24, 2.45) is 0 Å². The summed E-state index contributed by atoms with van der Waals surface area (Å²) in [5.74, 6) is -0.932. The first-order valence-corrected chi connectivity index (χ1v) is 4.08. The van der Waals surface area contributed by atoms with E-state index in [0.717, 1.165) is 5.56 Å². The monoisotopic (exact) mass is 200 g/mol. The van der Waals surface area contributed by atoms with E-state index in [1.165, 1.54) is 12.1 Å². The average Bonchev–Trinajstić information content (AvgIpc) is 1.99. The Morgan fingerprint density at radius 2 is 2.15 bits per heavy atom. The molecule has 0 saturated carbocycles. The summed E-state index contributed by atoms with van der Waals surface area (Å²) in [6.45, 7) is 1.73. The number of carboxylic acids is 1. The fourth-order valence-electron chi connectivity index (χ4n) is 1.06. The minimum absolute atomic E-state index is 0.0201. The van der Waals surface area contributed by atoms with E-state index < -0.39 is 5.97 Å². The quantitative estimate of drug-likeness (QED) is 0.768. The zero-order valence-corrected chi connectivity index (χ0v) is 7.80. The van der Waals surface area contributed by atoms with Gasteiger partial charge in [0.1, 0.15) is 5.75 Å². The van der Waals surface area contributed by atoms with E-state index in [0.29, 0.717) is 5.56 Å². The molecule has 3 nitrogen and oxygen atoms in total. The van der Waals surface area contributed by atoms with Crippen molar-refractivity contribution in [2.75, 3.05) is 0 Å². The van der Waals surface area contributed by atoms with Crippen molar-refractivity contribution >= 4 is 17.6 Å². The number of aryl methyl sites for hydroxylation is 1. The van der Waals surface area contributed by atoms with E-state index in [1.54, 1.807) is 6.92 Å². The van der Waals surface area contributed by atoms with Gasteiger partial charge in [0.2, 0.25) is 0 Å². The Morgan fingerprint density at radius 1 is 1.54 bits per heavy atom. The lowest BCUT2D eigenvalue weighted by atomic mass is 10.1. The first kappa shape index (κ1) is 9.86. The van der Waals surface area contributed by atoms with Gasteiger partial charge in [-0.3, -0.25) is 4.79 Å². The molecular weight excluding hydrogens is 192 g/mol. The lowest BCUT2D eigenvalue weighted by Gasteiger charge is -2.04. The minimum Gasteiger partial charge on any atom is -0.506 e. The normalized spacial score (nSPS) is 10.0. The average molecular weight is 201 g/mol. The standard InChI is InChI=1S/C9H9ClO3/c1-5-2-8(11)7(10)3-6(5)4-9(12)13/h2-3,11H,4H2,1H3,(H,12,13). The van der Waals surface area contributed by atoms with Gasteiger partial charge >= 0.3 is 5.97 Å². The first-order chi connectivity index (χ1) is 6.00. The number of halogens is 1. The highest BCUT2D eigenvalue weighted by Gasteiger charge is 2.07. The Morgan fingerprint density at radius 3 is 2.69 bits per heavy atom. The van der Waals surface area contributed by atoms with Crippen molar-refractivity contribution < 1.29 is 15.0 Å². The molecule has 1 rings (SSSR count). The van der Waals surface area contributed by atoms with Crippen LogP contribution in [0.2, 0.25) is 5.02 Å². The van der Waals surface area contributed by atoms with E-state index in [-0.39, 0.29) is 17.2 Å². The van der Waals surface area contributed by atoms with Gasteiger partial charge < -0.3 is 10.2 Å². The van der Waals surface area contributed by atoms with Crippen LogP contribution in [0.1, 0.15) is 11.1 Å². The number of benzene rings is 1. The van der Waals surface area contributed by atoms with Gasteiger partial charge in [0.15, 0.2) is 0 Å². The highest BCUT2D eigenvalue weighted by Crippen LogP contribution is 2.26. The van der Waals surface area contributed by atoms with Gasteiger partial charge in [-0.1, -0.05) is 11.6 Å². The van der Waals surface area contributed by atoms with Crippen LogP contribution in [0.25, 0.3) is 0 Å². The number of phenolic OH excluding ortho intramolecular Hbond substituents is 1. The van der Waals surface area contributed by atoms with Crippen LogP contribution in [0.3, 0.4) is 0 Å². The van der Waals surface area contributed by atoms with Crippen molar-refractivity contribution in [2.45, 2.75) is 13.3 Å². The highest BCUT2D eigenvalue weighted by atomic mass is 35.5. The van der Waals surface area contributed by atoms with E-state index in [2.05, 4.69) is 0 Å². The molecule has 0 unspecified atom stereocenters. The molecule has 0 heterocycles. The topological polar surface area (TPSA) is 57.5 Å². The molecule has 1 aromatic carbocycles. The summed E-state index contributed by atoms with van der Waals surface area (Å²) in [5.41, 5.74) is 1.35. The Bertz CT molecular complexity index is 347. The molecule has 0 aromatic heterocycles. The predicted octanol–water partition coefficient (Wildman–Crippen LogP) is 1.98. The van der Waals surface area contributed by atoms with Crippen LogP contribution in [0.15, 0.2) is 12.1 Å². The van der Waals surface area contributed by atoms with Gasteiger partial charge in [-0.15, -0.1) is 0 Å². The Hall–Kier alpha value is -1.22. The molecule has 70 valence electrons. The highest BCUT2D eigenvalue weighted by molar-refractivity contribution is 6.32. The predicted molar refractivity (Wildman–Crippen MR) is 49.2 cm³/mol. The largest absolute Gasteiger partial charge is 0.506 e. The number of aliphatic carboxylic acids is 1. The second-order valence-corrected chi connectivity index (χ2v) is 3.21. The molecule has 0 fully saturated rings. The van der Waals surface area contributed by atoms with E-state index in [9.17, 15) is 9.90 Å². The van der Waals surface area contributed by atoms with Gasteiger partial charge in [-0.2, -0.15) is 0 Å². The van der Waals surface area contributed by atoms with Gasteiger partial charge in [0, 0.05) is 0 Å². The molecule has 0 amide bonds. The molecular formula is C9H9ClO3. The molecule has 0 aliphatic carbocycles. The van der Waals surface area contributed by atoms with Crippen LogP contribution >= 0.6 is 11.6 Å². The molecule has 0 aliphatic rings. The fraction of sp³-hybridized carbons (Fsp3) is 0.222. The first-order valence-electron chi connectivity index (χ1n) is 3.70. The van der Waals surface area contributed by atoms with E-state index in [4.69, 9.17) is 16.7 Å². The molecule has 4 heteroatoms. The van der Waals surface area contributed by atoms with Gasteiger partial charge in [0.25, 0.3) is 0 Å². The molecule has 0 radical (unpaired) electrons. The number of aromatic hydroxyl groups is 1. The third-order valence-corrected chi connectivity index (χ3v) is 2.05. The van der Waals surface area contributed by atoms with E-state index >= 15 is 0 Å². The molecule has 2 N–H and O–H groups in total. The summed E-state index contributed by atoms with van der Waals surface area (Å²) in [5, 5.41) is 17.9.